The molecule has 1 N–H and O–H groups in total. The number of imidazole rings is 1. The number of rotatable bonds is 2. The van der Waals surface area contributed by atoms with Crippen molar-refractivity contribution in [3.8, 4) is 0 Å². The van der Waals surface area contributed by atoms with Crippen molar-refractivity contribution in [3.63, 3.8) is 0 Å². The molecule has 0 amide bonds. The second kappa shape index (κ2) is 5.44. The molecule has 1 aliphatic rings. The highest BCUT2D eigenvalue weighted by Gasteiger charge is 2.31. The highest BCUT2D eigenvalue weighted by molar-refractivity contribution is 7.99. The smallest absolute Gasteiger partial charge is 0.306 e. The van der Waals surface area contributed by atoms with E-state index in [1.54, 1.807) is 4.57 Å². The monoisotopic (exact) mass is 316 g/mol. The summed E-state index contributed by atoms with van der Waals surface area (Å²) in [5, 5.41) is 0. The predicted molar refractivity (Wildman–Crippen MR) is 77.6 cm³/mol. The molecule has 21 heavy (non-hydrogen) atoms. The number of hydrogen-bond acceptors (Lipinski definition) is 2. The fourth-order valence-corrected chi connectivity index (χ4v) is 3.91. The molecule has 0 atom stereocenters. The first-order valence-electron chi connectivity index (χ1n) is 6.82. The molecule has 0 saturated carbocycles. The van der Waals surface area contributed by atoms with Crippen LogP contribution in [0.25, 0.3) is 11.0 Å². The molecule has 1 saturated heterocycles. The van der Waals surface area contributed by atoms with Crippen LogP contribution in [0.1, 0.15) is 18.4 Å². The van der Waals surface area contributed by atoms with Crippen LogP contribution in [0, 0.1) is 5.92 Å². The summed E-state index contributed by atoms with van der Waals surface area (Å²) in [5.74, 6) is 2.59. The number of alkyl halides is 3. The third-order valence-electron chi connectivity index (χ3n) is 3.88. The lowest BCUT2D eigenvalue weighted by atomic mass is 10.0. The predicted octanol–water partition coefficient (Wildman–Crippen LogP) is 3.49. The van der Waals surface area contributed by atoms with Crippen molar-refractivity contribution < 1.29 is 13.2 Å². The van der Waals surface area contributed by atoms with E-state index in [-0.39, 0.29) is 11.2 Å². The summed E-state index contributed by atoms with van der Waals surface area (Å²) >= 11 is 1.90. The third-order valence-corrected chi connectivity index (χ3v) is 4.93. The molecule has 0 unspecified atom stereocenters. The van der Waals surface area contributed by atoms with Gasteiger partial charge in [0.15, 0.2) is 0 Å². The fourth-order valence-electron chi connectivity index (χ4n) is 2.71. The van der Waals surface area contributed by atoms with Crippen LogP contribution in [0.3, 0.4) is 0 Å². The Hall–Kier alpha value is -1.37. The highest BCUT2D eigenvalue weighted by Crippen LogP contribution is 2.31. The van der Waals surface area contributed by atoms with E-state index in [4.69, 9.17) is 0 Å². The molecular formula is C14H15F3N2OS. The number of halogens is 3. The van der Waals surface area contributed by atoms with E-state index >= 15 is 0 Å². The van der Waals surface area contributed by atoms with Crippen LogP contribution >= 0.6 is 11.8 Å². The lowest BCUT2D eigenvalue weighted by Crippen LogP contribution is -2.23. The zero-order valence-corrected chi connectivity index (χ0v) is 12.1. The molecule has 0 radical (unpaired) electrons. The summed E-state index contributed by atoms with van der Waals surface area (Å²) in [7, 11) is 0. The number of benzene rings is 1. The number of aromatic amines is 1. The zero-order chi connectivity index (χ0) is 15.0. The first-order valence-corrected chi connectivity index (χ1v) is 7.98. The Labute approximate surface area is 123 Å². The Kier molecular flexibility index (Phi) is 3.77. The molecule has 1 aromatic carbocycles. The first-order chi connectivity index (χ1) is 9.95. The van der Waals surface area contributed by atoms with Crippen LogP contribution in [0.15, 0.2) is 23.0 Å². The Balaban J connectivity index is 1.95. The summed E-state index contributed by atoms with van der Waals surface area (Å²) in [6, 6.07) is 3.42. The van der Waals surface area contributed by atoms with Gasteiger partial charge in [-0.15, -0.1) is 0 Å². The van der Waals surface area contributed by atoms with E-state index < -0.39 is 11.7 Å². The number of aromatic nitrogens is 2. The van der Waals surface area contributed by atoms with Crippen molar-refractivity contribution in [3.05, 3.63) is 34.2 Å². The van der Waals surface area contributed by atoms with Gasteiger partial charge < -0.3 is 4.98 Å². The number of nitrogens with zero attached hydrogens (tertiary/aromatic N) is 1. The van der Waals surface area contributed by atoms with Gasteiger partial charge in [0.1, 0.15) is 0 Å². The molecule has 0 spiro atoms. The number of H-pyrrole nitrogens is 1. The number of hydrogen-bond donors (Lipinski definition) is 1. The average molecular weight is 316 g/mol. The minimum Gasteiger partial charge on any atom is -0.306 e. The van der Waals surface area contributed by atoms with E-state index in [9.17, 15) is 18.0 Å². The van der Waals surface area contributed by atoms with Gasteiger partial charge in [0.05, 0.1) is 16.6 Å². The van der Waals surface area contributed by atoms with Crippen molar-refractivity contribution in [1.82, 2.24) is 9.55 Å². The maximum absolute atomic E-state index is 12.7. The van der Waals surface area contributed by atoms with E-state index in [1.165, 1.54) is 6.07 Å². The molecule has 1 aromatic heterocycles. The topological polar surface area (TPSA) is 37.8 Å². The summed E-state index contributed by atoms with van der Waals surface area (Å²) in [5.41, 5.74) is -0.272. The third kappa shape index (κ3) is 2.97. The van der Waals surface area contributed by atoms with Gasteiger partial charge >= 0.3 is 11.9 Å². The highest BCUT2D eigenvalue weighted by atomic mass is 32.2. The van der Waals surface area contributed by atoms with E-state index in [0.29, 0.717) is 18.0 Å². The van der Waals surface area contributed by atoms with E-state index in [0.717, 1.165) is 36.5 Å². The molecule has 3 nitrogen and oxygen atoms in total. The fraction of sp³-hybridized carbons (Fsp3) is 0.500. The molecule has 7 heteroatoms. The molecule has 0 bridgehead atoms. The quantitative estimate of drug-likeness (QED) is 0.921. The molecular weight excluding hydrogens is 301 g/mol. The molecule has 3 rings (SSSR count). The standard InChI is InChI=1S/C14H15F3N2OS/c15-14(16,17)10-1-2-12-11(7-10)18-13(20)19(12)8-9-3-5-21-6-4-9/h1-2,7,9H,3-6,8H2,(H,18,20). The minimum absolute atomic E-state index is 0.250. The van der Waals surface area contributed by atoms with Crippen molar-refractivity contribution in [1.29, 1.82) is 0 Å². The number of nitrogens with one attached hydrogen (secondary N) is 1. The lowest BCUT2D eigenvalue weighted by Gasteiger charge is -2.21. The lowest BCUT2D eigenvalue weighted by molar-refractivity contribution is -0.137. The number of thioether (sulfide) groups is 1. The Bertz CT molecular complexity index is 698. The maximum atomic E-state index is 12.7. The summed E-state index contributed by atoms with van der Waals surface area (Å²) in [4.78, 5) is 14.5. The maximum Gasteiger partial charge on any atom is 0.416 e. The molecule has 114 valence electrons. The Morgan fingerprint density at radius 1 is 1.29 bits per heavy atom. The van der Waals surface area contributed by atoms with Gasteiger partial charge in [0, 0.05) is 6.54 Å². The second-order valence-electron chi connectivity index (χ2n) is 5.33. The van der Waals surface area contributed by atoms with Crippen LogP contribution < -0.4 is 5.69 Å². The Morgan fingerprint density at radius 3 is 2.67 bits per heavy atom. The van der Waals surface area contributed by atoms with Crippen LogP contribution in [-0.4, -0.2) is 21.1 Å². The van der Waals surface area contributed by atoms with Crippen molar-refractivity contribution in [2.45, 2.75) is 25.6 Å². The molecule has 0 aliphatic carbocycles. The van der Waals surface area contributed by atoms with E-state index in [2.05, 4.69) is 4.98 Å². The number of fused-ring (bicyclic) bond motifs is 1. The average Bonchev–Trinajstić information content (AvgIpc) is 2.75. The van der Waals surface area contributed by atoms with Gasteiger partial charge in [0.2, 0.25) is 0 Å². The minimum atomic E-state index is -4.40. The van der Waals surface area contributed by atoms with Crippen molar-refractivity contribution in [2.24, 2.45) is 5.92 Å². The van der Waals surface area contributed by atoms with Crippen molar-refractivity contribution in [2.75, 3.05) is 11.5 Å². The summed E-state index contributed by atoms with van der Waals surface area (Å²) in [6.07, 6.45) is -2.30. The van der Waals surface area contributed by atoms with Crippen molar-refractivity contribution >= 4 is 22.8 Å². The molecule has 2 heterocycles. The van der Waals surface area contributed by atoms with Crippen LogP contribution in [-0.2, 0) is 12.7 Å². The largest absolute Gasteiger partial charge is 0.416 e. The van der Waals surface area contributed by atoms with Gasteiger partial charge in [-0.25, -0.2) is 4.79 Å². The molecule has 1 aliphatic heterocycles. The van der Waals surface area contributed by atoms with E-state index in [1.807, 2.05) is 11.8 Å². The van der Waals surface area contributed by atoms with Crippen LogP contribution in [0.4, 0.5) is 13.2 Å². The van der Waals surface area contributed by atoms with Crippen LogP contribution in [0.2, 0.25) is 0 Å². The molecule has 1 fully saturated rings. The van der Waals surface area contributed by atoms with Gasteiger partial charge in [-0.2, -0.15) is 24.9 Å². The van der Waals surface area contributed by atoms with Gasteiger partial charge in [-0.05, 0) is 48.5 Å². The SMILES string of the molecule is O=c1[nH]c2cc(C(F)(F)F)ccc2n1CC1CCSCC1. The second-order valence-corrected chi connectivity index (χ2v) is 6.55. The van der Waals surface area contributed by atoms with Gasteiger partial charge in [-0.3, -0.25) is 4.57 Å². The van der Waals surface area contributed by atoms with Gasteiger partial charge in [0.25, 0.3) is 0 Å². The zero-order valence-electron chi connectivity index (χ0n) is 11.2. The Morgan fingerprint density at radius 2 is 2.00 bits per heavy atom. The van der Waals surface area contributed by atoms with Crippen LogP contribution in [0.5, 0.6) is 0 Å². The van der Waals surface area contributed by atoms with Gasteiger partial charge in [-0.1, -0.05) is 0 Å². The summed E-state index contributed by atoms with van der Waals surface area (Å²) in [6.45, 7) is 0.574. The normalized spacial score (nSPS) is 17.5. The summed E-state index contributed by atoms with van der Waals surface area (Å²) < 4.78 is 39.6. The molecule has 2 aromatic rings. The first kappa shape index (κ1) is 14.6.